The SMILES string of the molecule is CN1CCN(c2ccc3nc4ccccc4cc3c2)CC1. The predicted molar refractivity (Wildman–Crippen MR) is 89.0 cm³/mol. The summed E-state index contributed by atoms with van der Waals surface area (Å²) in [5.74, 6) is 0. The first-order chi connectivity index (χ1) is 10.3. The summed E-state index contributed by atoms with van der Waals surface area (Å²) in [6, 6.07) is 17.2. The van der Waals surface area contributed by atoms with Gasteiger partial charge < -0.3 is 9.80 Å². The van der Waals surface area contributed by atoms with Gasteiger partial charge in [0.1, 0.15) is 0 Å². The van der Waals surface area contributed by atoms with Crippen LogP contribution < -0.4 is 4.90 Å². The second-order valence-electron chi connectivity index (χ2n) is 5.85. The van der Waals surface area contributed by atoms with Crippen LogP contribution in [0, 0.1) is 0 Å². The average Bonchev–Trinajstić information content (AvgIpc) is 2.53. The number of hydrogen-bond donors (Lipinski definition) is 0. The molecule has 0 spiro atoms. The zero-order chi connectivity index (χ0) is 14.2. The van der Waals surface area contributed by atoms with Gasteiger partial charge in [0.2, 0.25) is 0 Å². The summed E-state index contributed by atoms with van der Waals surface area (Å²) < 4.78 is 0. The third-order valence-electron chi connectivity index (χ3n) is 4.37. The van der Waals surface area contributed by atoms with Gasteiger partial charge in [-0.2, -0.15) is 0 Å². The van der Waals surface area contributed by atoms with Crippen molar-refractivity contribution >= 4 is 27.5 Å². The lowest BCUT2D eigenvalue weighted by Crippen LogP contribution is -2.44. The Morgan fingerprint density at radius 2 is 1.57 bits per heavy atom. The van der Waals surface area contributed by atoms with Crippen molar-refractivity contribution in [3.05, 3.63) is 48.5 Å². The number of benzene rings is 2. The molecule has 0 aliphatic carbocycles. The molecule has 1 aliphatic heterocycles. The van der Waals surface area contributed by atoms with Crippen LogP contribution in [0.5, 0.6) is 0 Å². The smallest absolute Gasteiger partial charge is 0.0711 e. The molecule has 4 rings (SSSR count). The molecular weight excluding hydrogens is 258 g/mol. The van der Waals surface area contributed by atoms with Crippen LogP contribution in [0.15, 0.2) is 48.5 Å². The molecule has 1 aliphatic rings. The topological polar surface area (TPSA) is 19.4 Å². The first-order valence-corrected chi connectivity index (χ1v) is 7.53. The van der Waals surface area contributed by atoms with E-state index in [1.54, 1.807) is 0 Å². The van der Waals surface area contributed by atoms with E-state index in [1.807, 2.05) is 6.07 Å². The summed E-state index contributed by atoms with van der Waals surface area (Å²) in [5, 5.41) is 2.44. The molecule has 1 saturated heterocycles. The van der Waals surface area contributed by atoms with E-state index in [0.29, 0.717) is 0 Å². The zero-order valence-corrected chi connectivity index (χ0v) is 12.3. The van der Waals surface area contributed by atoms with Crippen LogP contribution in [0.1, 0.15) is 0 Å². The summed E-state index contributed by atoms with van der Waals surface area (Å²) in [6.07, 6.45) is 0. The Morgan fingerprint density at radius 1 is 0.810 bits per heavy atom. The highest BCUT2D eigenvalue weighted by atomic mass is 15.2. The van der Waals surface area contributed by atoms with Gasteiger partial charge in [0, 0.05) is 42.6 Å². The van der Waals surface area contributed by atoms with E-state index >= 15 is 0 Å². The van der Waals surface area contributed by atoms with Crippen LogP contribution >= 0.6 is 0 Å². The van der Waals surface area contributed by atoms with Gasteiger partial charge in [0.15, 0.2) is 0 Å². The highest BCUT2D eigenvalue weighted by molar-refractivity contribution is 5.94. The molecule has 0 unspecified atom stereocenters. The maximum absolute atomic E-state index is 4.75. The molecule has 0 saturated carbocycles. The summed E-state index contributed by atoms with van der Waals surface area (Å²) in [7, 11) is 2.19. The first kappa shape index (κ1) is 12.6. The fraction of sp³-hybridized carbons (Fsp3) is 0.278. The van der Waals surface area contributed by atoms with Gasteiger partial charge in [0.05, 0.1) is 11.0 Å². The molecule has 0 amide bonds. The highest BCUT2D eigenvalue weighted by Gasteiger charge is 2.14. The van der Waals surface area contributed by atoms with E-state index in [9.17, 15) is 0 Å². The van der Waals surface area contributed by atoms with Crippen molar-refractivity contribution < 1.29 is 0 Å². The van der Waals surface area contributed by atoms with Crippen LogP contribution in [0.2, 0.25) is 0 Å². The highest BCUT2D eigenvalue weighted by Crippen LogP contribution is 2.25. The fourth-order valence-corrected chi connectivity index (χ4v) is 3.03. The van der Waals surface area contributed by atoms with Crippen LogP contribution in [0.25, 0.3) is 21.8 Å². The molecule has 21 heavy (non-hydrogen) atoms. The Kier molecular flexibility index (Phi) is 3.00. The fourth-order valence-electron chi connectivity index (χ4n) is 3.03. The number of hydrogen-bond acceptors (Lipinski definition) is 3. The molecule has 0 N–H and O–H groups in total. The van der Waals surface area contributed by atoms with E-state index in [0.717, 1.165) is 37.2 Å². The number of aromatic nitrogens is 1. The van der Waals surface area contributed by atoms with Gasteiger partial charge in [-0.25, -0.2) is 4.98 Å². The van der Waals surface area contributed by atoms with Crippen molar-refractivity contribution in [3.63, 3.8) is 0 Å². The van der Waals surface area contributed by atoms with Crippen molar-refractivity contribution in [2.45, 2.75) is 0 Å². The molecule has 0 radical (unpaired) electrons. The molecule has 3 aromatic rings. The van der Waals surface area contributed by atoms with Crippen LogP contribution in [0.3, 0.4) is 0 Å². The number of rotatable bonds is 1. The lowest BCUT2D eigenvalue weighted by molar-refractivity contribution is 0.313. The van der Waals surface area contributed by atoms with Crippen molar-refractivity contribution in [2.24, 2.45) is 0 Å². The minimum absolute atomic E-state index is 1.07. The quantitative estimate of drug-likeness (QED) is 0.637. The molecular formula is C18H19N3. The van der Waals surface area contributed by atoms with E-state index in [1.165, 1.54) is 16.5 Å². The number of piperazine rings is 1. The first-order valence-electron chi connectivity index (χ1n) is 7.53. The van der Waals surface area contributed by atoms with Crippen molar-refractivity contribution in [2.75, 3.05) is 38.1 Å². The number of nitrogens with zero attached hydrogens (tertiary/aromatic N) is 3. The molecule has 0 bridgehead atoms. The summed E-state index contributed by atoms with van der Waals surface area (Å²) >= 11 is 0. The van der Waals surface area contributed by atoms with Gasteiger partial charge in [-0.15, -0.1) is 0 Å². The Labute approximate surface area is 124 Å². The molecule has 1 aromatic heterocycles. The van der Waals surface area contributed by atoms with E-state index in [2.05, 4.69) is 59.3 Å². The van der Waals surface area contributed by atoms with Crippen molar-refractivity contribution in [1.29, 1.82) is 0 Å². The normalized spacial score (nSPS) is 16.7. The molecule has 0 atom stereocenters. The van der Waals surface area contributed by atoms with Crippen molar-refractivity contribution in [3.8, 4) is 0 Å². The van der Waals surface area contributed by atoms with Gasteiger partial charge in [-0.1, -0.05) is 18.2 Å². The predicted octanol–water partition coefficient (Wildman–Crippen LogP) is 3.14. The van der Waals surface area contributed by atoms with Gasteiger partial charge in [-0.05, 0) is 37.4 Å². The van der Waals surface area contributed by atoms with Crippen LogP contribution in [-0.4, -0.2) is 43.1 Å². The van der Waals surface area contributed by atoms with Gasteiger partial charge in [0.25, 0.3) is 0 Å². The van der Waals surface area contributed by atoms with Crippen LogP contribution in [0.4, 0.5) is 5.69 Å². The van der Waals surface area contributed by atoms with E-state index < -0.39 is 0 Å². The lowest BCUT2D eigenvalue weighted by atomic mass is 10.1. The Balaban J connectivity index is 1.76. The molecule has 106 valence electrons. The maximum atomic E-state index is 4.75. The molecule has 3 heteroatoms. The van der Waals surface area contributed by atoms with Gasteiger partial charge >= 0.3 is 0 Å². The number of likely N-dealkylation sites (N-methyl/N-ethyl adjacent to an activating group) is 1. The Morgan fingerprint density at radius 3 is 2.43 bits per heavy atom. The minimum atomic E-state index is 1.07. The van der Waals surface area contributed by atoms with Crippen molar-refractivity contribution in [1.82, 2.24) is 9.88 Å². The second kappa shape index (κ2) is 5.01. The summed E-state index contributed by atoms with van der Waals surface area (Å²) in [5.41, 5.74) is 3.46. The second-order valence-corrected chi connectivity index (χ2v) is 5.85. The van der Waals surface area contributed by atoms with Gasteiger partial charge in [-0.3, -0.25) is 0 Å². The number of fused-ring (bicyclic) bond motifs is 2. The lowest BCUT2D eigenvalue weighted by Gasteiger charge is -2.34. The third kappa shape index (κ3) is 2.34. The summed E-state index contributed by atoms with van der Waals surface area (Å²) in [6.45, 7) is 4.47. The molecule has 2 aromatic carbocycles. The monoisotopic (exact) mass is 277 g/mol. The molecule has 1 fully saturated rings. The van der Waals surface area contributed by atoms with Crippen LogP contribution in [-0.2, 0) is 0 Å². The number of anilines is 1. The Hall–Kier alpha value is -2.13. The Bertz CT molecular complexity index is 789. The van der Waals surface area contributed by atoms with E-state index in [-0.39, 0.29) is 0 Å². The zero-order valence-electron chi connectivity index (χ0n) is 12.3. The average molecular weight is 277 g/mol. The largest absolute Gasteiger partial charge is 0.369 e. The minimum Gasteiger partial charge on any atom is -0.369 e. The summed E-state index contributed by atoms with van der Waals surface area (Å²) in [4.78, 5) is 9.60. The molecule has 3 nitrogen and oxygen atoms in total. The molecule has 2 heterocycles. The number of pyridine rings is 1. The van der Waals surface area contributed by atoms with E-state index in [4.69, 9.17) is 4.98 Å². The number of para-hydroxylation sites is 1. The third-order valence-corrected chi connectivity index (χ3v) is 4.37. The maximum Gasteiger partial charge on any atom is 0.0711 e. The standard InChI is InChI=1S/C18H19N3/c1-20-8-10-21(11-9-20)16-6-7-18-15(13-16)12-14-4-2-3-5-17(14)19-18/h2-7,12-13H,8-11H2,1H3.